The van der Waals surface area contributed by atoms with Gasteiger partial charge in [0.05, 0.1) is 0 Å². The molecule has 1 aliphatic rings. The molecule has 0 saturated carbocycles. The highest BCUT2D eigenvalue weighted by Gasteiger charge is 2.19. The lowest BCUT2D eigenvalue weighted by atomic mass is 9.93. The van der Waals surface area contributed by atoms with Crippen LogP contribution in [0, 0.1) is 13.8 Å². The van der Waals surface area contributed by atoms with Crippen molar-refractivity contribution in [2.45, 2.75) is 33.1 Å². The van der Waals surface area contributed by atoms with Gasteiger partial charge in [-0.1, -0.05) is 6.07 Å². The highest BCUT2D eigenvalue weighted by Crippen LogP contribution is 2.38. The second-order valence-electron chi connectivity index (χ2n) is 5.16. The van der Waals surface area contributed by atoms with E-state index >= 15 is 0 Å². The summed E-state index contributed by atoms with van der Waals surface area (Å²) in [5, 5.41) is 0. The summed E-state index contributed by atoms with van der Waals surface area (Å²) >= 11 is 0. The molecule has 0 unspecified atom stereocenters. The van der Waals surface area contributed by atoms with Crippen molar-refractivity contribution >= 4 is 5.69 Å². The summed E-state index contributed by atoms with van der Waals surface area (Å²) < 4.78 is 0. The van der Waals surface area contributed by atoms with Crippen LogP contribution >= 0.6 is 0 Å². The van der Waals surface area contributed by atoms with E-state index in [1.165, 1.54) is 40.7 Å². The van der Waals surface area contributed by atoms with E-state index < -0.39 is 0 Å². The molecule has 0 amide bonds. The molecule has 0 spiro atoms. The van der Waals surface area contributed by atoms with Gasteiger partial charge in [0.1, 0.15) is 0 Å². The summed E-state index contributed by atoms with van der Waals surface area (Å²) in [6.07, 6.45) is 5.39. The fourth-order valence-electron chi connectivity index (χ4n) is 3.02. The smallest absolute Gasteiger partial charge is 0.0431 e. The van der Waals surface area contributed by atoms with E-state index in [0.717, 1.165) is 17.8 Å². The van der Waals surface area contributed by atoms with Crippen LogP contribution in [-0.4, -0.2) is 4.98 Å². The van der Waals surface area contributed by atoms with Gasteiger partial charge < -0.3 is 5.73 Å². The van der Waals surface area contributed by atoms with Gasteiger partial charge in [-0.25, -0.2) is 0 Å². The maximum Gasteiger partial charge on any atom is 0.0431 e. The van der Waals surface area contributed by atoms with Crippen molar-refractivity contribution in [3.8, 4) is 11.1 Å². The van der Waals surface area contributed by atoms with Crippen molar-refractivity contribution in [2.75, 3.05) is 5.73 Å². The minimum atomic E-state index is 0.980. The lowest BCUT2D eigenvalue weighted by molar-refractivity contribution is 0.912. The summed E-state index contributed by atoms with van der Waals surface area (Å²) in [4.78, 5) is 4.26. The first-order valence-electron chi connectivity index (χ1n) is 6.50. The molecule has 0 atom stereocenters. The molecular weight excluding hydrogens is 220 g/mol. The van der Waals surface area contributed by atoms with Crippen LogP contribution in [-0.2, 0) is 12.8 Å². The van der Waals surface area contributed by atoms with Crippen LogP contribution in [0.3, 0.4) is 0 Å². The molecule has 0 radical (unpaired) electrons. The van der Waals surface area contributed by atoms with E-state index in [1.54, 1.807) is 0 Å². The molecular formula is C16H18N2. The number of rotatable bonds is 1. The molecule has 2 heteroatoms. The van der Waals surface area contributed by atoms with Gasteiger partial charge in [-0.3, -0.25) is 4.98 Å². The molecule has 1 heterocycles. The highest BCUT2D eigenvalue weighted by molar-refractivity contribution is 5.82. The van der Waals surface area contributed by atoms with Gasteiger partial charge in [0.2, 0.25) is 0 Å². The number of nitrogens with two attached hydrogens (primary N) is 1. The first-order valence-corrected chi connectivity index (χ1v) is 6.50. The maximum absolute atomic E-state index is 6.40. The molecule has 0 bridgehead atoms. The Kier molecular flexibility index (Phi) is 2.58. The maximum atomic E-state index is 6.40. The van der Waals surface area contributed by atoms with Crippen molar-refractivity contribution in [3.05, 3.63) is 46.8 Å². The van der Waals surface area contributed by atoms with E-state index in [0.29, 0.717) is 0 Å². The summed E-state index contributed by atoms with van der Waals surface area (Å²) in [5.74, 6) is 0. The van der Waals surface area contributed by atoms with Crippen LogP contribution in [0.15, 0.2) is 24.4 Å². The average Bonchev–Trinajstić information content (AvgIpc) is 2.77. The third-order valence-corrected chi connectivity index (χ3v) is 3.83. The van der Waals surface area contributed by atoms with Crippen LogP contribution in [0.5, 0.6) is 0 Å². The molecule has 2 aromatic rings. The van der Waals surface area contributed by atoms with E-state index in [9.17, 15) is 0 Å². The van der Waals surface area contributed by atoms with Crippen LogP contribution in [0.1, 0.15) is 28.8 Å². The fourth-order valence-corrected chi connectivity index (χ4v) is 3.02. The number of hydrogen-bond acceptors (Lipinski definition) is 2. The quantitative estimate of drug-likeness (QED) is 0.773. The van der Waals surface area contributed by atoms with Crippen LogP contribution in [0.25, 0.3) is 11.1 Å². The molecule has 1 aliphatic carbocycles. The lowest BCUT2D eigenvalue weighted by Gasteiger charge is -2.15. The van der Waals surface area contributed by atoms with Crippen molar-refractivity contribution in [1.29, 1.82) is 0 Å². The molecule has 1 aromatic heterocycles. The number of nitrogens with zero attached hydrogens (tertiary/aromatic N) is 1. The second kappa shape index (κ2) is 4.13. The molecule has 92 valence electrons. The lowest BCUT2D eigenvalue weighted by Crippen LogP contribution is -2.00. The Hall–Kier alpha value is -1.83. The van der Waals surface area contributed by atoms with Gasteiger partial charge in [-0.2, -0.15) is 0 Å². The Labute approximate surface area is 108 Å². The zero-order valence-corrected chi connectivity index (χ0v) is 11.0. The Balaban J connectivity index is 2.24. The number of benzene rings is 1. The summed E-state index contributed by atoms with van der Waals surface area (Å²) in [7, 11) is 0. The number of anilines is 1. The summed E-state index contributed by atoms with van der Waals surface area (Å²) in [6.45, 7) is 4.17. The van der Waals surface area contributed by atoms with Crippen molar-refractivity contribution in [2.24, 2.45) is 0 Å². The minimum absolute atomic E-state index is 0.980. The van der Waals surface area contributed by atoms with E-state index in [1.807, 2.05) is 19.2 Å². The Morgan fingerprint density at radius 3 is 2.78 bits per heavy atom. The van der Waals surface area contributed by atoms with Crippen LogP contribution < -0.4 is 5.73 Å². The van der Waals surface area contributed by atoms with Gasteiger partial charge in [0.25, 0.3) is 0 Å². The predicted octanol–water partition coefficient (Wildman–Crippen LogP) is 3.44. The zero-order chi connectivity index (χ0) is 12.7. The normalized spacial score (nSPS) is 13.7. The van der Waals surface area contributed by atoms with Gasteiger partial charge in [-0.15, -0.1) is 0 Å². The number of nitrogen functional groups attached to an aromatic ring is 1. The topological polar surface area (TPSA) is 38.9 Å². The first-order chi connectivity index (χ1) is 8.66. The molecule has 3 rings (SSSR count). The number of pyridine rings is 1. The van der Waals surface area contributed by atoms with Crippen LogP contribution in [0.2, 0.25) is 0 Å². The molecule has 2 N–H and O–H groups in total. The largest absolute Gasteiger partial charge is 0.398 e. The van der Waals surface area contributed by atoms with E-state index in [-0.39, 0.29) is 0 Å². The SMILES string of the molecule is Cc1cc(-c2c(C)cc3c(c2N)CCC3)ccn1. The monoisotopic (exact) mass is 238 g/mol. The number of aryl methyl sites for hydroxylation is 3. The molecule has 0 aliphatic heterocycles. The minimum Gasteiger partial charge on any atom is -0.398 e. The highest BCUT2D eigenvalue weighted by atomic mass is 14.7. The standard InChI is InChI=1S/C16H18N2/c1-10-8-12-4-3-5-14(12)16(17)15(10)13-6-7-18-11(2)9-13/h6-9H,3-5,17H2,1-2H3. The summed E-state index contributed by atoms with van der Waals surface area (Å²) in [5.41, 5.74) is 14.9. The number of fused-ring (bicyclic) bond motifs is 1. The Bertz CT molecular complexity index is 615. The molecule has 0 saturated heterocycles. The molecule has 18 heavy (non-hydrogen) atoms. The van der Waals surface area contributed by atoms with Crippen molar-refractivity contribution in [1.82, 2.24) is 4.98 Å². The van der Waals surface area contributed by atoms with Crippen molar-refractivity contribution < 1.29 is 0 Å². The third kappa shape index (κ3) is 1.69. The molecule has 1 aromatic carbocycles. The molecule has 0 fully saturated rings. The summed E-state index contributed by atoms with van der Waals surface area (Å²) in [6, 6.07) is 6.47. The van der Waals surface area contributed by atoms with Crippen LogP contribution in [0.4, 0.5) is 5.69 Å². The van der Waals surface area contributed by atoms with E-state index in [4.69, 9.17) is 5.73 Å². The predicted molar refractivity (Wildman–Crippen MR) is 75.6 cm³/mol. The number of aromatic nitrogens is 1. The fraction of sp³-hybridized carbons (Fsp3) is 0.312. The Morgan fingerprint density at radius 2 is 2.00 bits per heavy atom. The van der Waals surface area contributed by atoms with Crippen molar-refractivity contribution in [3.63, 3.8) is 0 Å². The number of hydrogen-bond donors (Lipinski definition) is 1. The van der Waals surface area contributed by atoms with Gasteiger partial charge >= 0.3 is 0 Å². The van der Waals surface area contributed by atoms with Gasteiger partial charge in [0, 0.05) is 23.1 Å². The second-order valence-corrected chi connectivity index (χ2v) is 5.16. The Morgan fingerprint density at radius 1 is 1.17 bits per heavy atom. The van der Waals surface area contributed by atoms with Gasteiger partial charge in [0.15, 0.2) is 0 Å². The van der Waals surface area contributed by atoms with Gasteiger partial charge in [-0.05, 0) is 67.5 Å². The third-order valence-electron chi connectivity index (χ3n) is 3.83. The van der Waals surface area contributed by atoms with E-state index in [2.05, 4.69) is 24.0 Å². The zero-order valence-electron chi connectivity index (χ0n) is 11.0. The molecule has 2 nitrogen and oxygen atoms in total. The first kappa shape index (κ1) is 11.3. The average molecular weight is 238 g/mol.